The van der Waals surface area contributed by atoms with Gasteiger partial charge in [-0.2, -0.15) is 0 Å². The number of oxazole rings is 1. The van der Waals surface area contributed by atoms with Crippen LogP contribution < -0.4 is 0 Å². The van der Waals surface area contributed by atoms with Gasteiger partial charge in [0.25, 0.3) is 11.6 Å². The van der Waals surface area contributed by atoms with Crippen molar-refractivity contribution in [3.63, 3.8) is 0 Å². The minimum absolute atomic E-state index is 0.0180. The molecular formula is C19H23N3O6. The maximum absolute atomic E-state index is 13.0. The van der Waals surface area contributed by atoms with Gasteiger partial charge in [0, 0.05) is 23.7 Å². The number of hydrogen-bond acceptors (Lipinski definition) is 7. The van der Waals surface area contributed by atoms with Gasteiger partial charge in [-0.1, -0.05) is 25.8 Å². The van der Waals surface area contributed by atoms with Crippen molar-refractivity contribution in [1.82, 2.24) is 9.88 Å². The number of aryl methyl sites for hydroxylation is 1. The maximum atomic E-state index is 13.0. The zero-order valence-corrected chi connectivity index (χ0v) is 16.1. The third-order valence-corrected chi connectivity index (χ3v) is 4.24. The Labute approximate surface area is 162 Å². The highest BCUT2D eigenvalue weighted by molar-refractivity contribution is 5.95. The highest BCUT2D eigenvalue weighted by Crippen LogP contribution is 2.21. The Bertz CT molecular complexity index is 861. The van der Waals surface area contributed by atoms with E-state index < -0.39 is 10.9 Å². The second-order valence-electron chi connectivity index (χ2n) is 6.31. The maximum Gasteiger partial charge on any atom is 0.360 e. The van der Waals surface area contributed by atoms with E-state index in [1.54, 1.807) is 19.1 Å². The highest BCUT2D eigenvalue weighted by atomic mass is 16.6. The lowest BCUT2D eigenvalue weighted by molar-refractivity contribution is -0.385. The molecular weight excluding hydrogens is 366 g/mol. The number of methoxy groups -OCH3 is 1. The summed E-state index contributed by atoms with van der Waals surface area (Å²) >= 11 is 0. The first-order chi connectivity index (χ1) is 13.4. The Balaban J connectivity index is 2.25. The number of aromatic nitrogens is 1. The van der Waals surface area contributed by atoms with Crippen LogP contribution in [0.1, 0.15) is 58.5 Å². The number of carbonyl (C=O) groups excluding carboxylic acids is 2. The summed E-state index contributed by atoms with van der Waals surface area (Å²) in [6.07, 6.45) is 3.84. The Kier molecular flexibility index (Phi) is 7.25. The van der Waals surface area contributed by atoms with E-state index in [0.717, 1.165) is 19.3 Å². The predicted octanol–water partition coefficient (Wildman–Crippen LogP) is 3.51. The Morgan fingerprint density at radius 3 is 2.71 bits per heavy atom. The number of nitrogens with zero attached hydrogens (tertiary/aromatic N) is 3. The fourth-order valence-corrected chi connectivity index (χ4v) is 2.67. The molecule has 0 spiro atoms. The van der Waals surface area contributed by atoms with Crippen molar-refractivity contribution in [1.29, 1.82) is 0 Å². The van der Waals surface area contributed by atoms with Gasteiger partial charge in [-0.25, -0.2) is 9.78 Å². The van der Waals surface area contributed by atoms with E-state index in [4.69, 9.17) is 4.42 Å². The largest absolute Gasteiger partial charge is 0.464 e. The van der Waals surface area contributed by atoms with Gasteiger partial charge in [0.15, 0.2) is 5.69 Å². The molecule has 1 aromatic heterocycles. The average molecular weight is 389 g/mol. The molecule has 0 atom stereocenters. The van der Waals surface area contributed by atoms with Crippen molar-refractivity contribution in [2.24, 2.45) is 0 Å². The lowest BCUT2D eigenvalue weighted by Gasteiger charge is -2.21. The van der Waals surface area contributed by atoms with Crippen LogP contribution >= 0.6 is 0 Å². The summed E-state index contributed by atoms with van der Waals surface area (Å²) in [5.41, 5.74) is 0.607. The summed E-state index contributed by atoms with van der Waals surface area (Å²) in [5.74, 6) is -0.808. The van der Waals surface area contributed by atoms with Gasteiger partial charge in [0.2, 0.25) is 5.89 Å². The summed E-state index contributed by atoms with van der Waals surface area (Å²) in [6.45, 7) is 4.14. The standard InChI is InChI=1S/C19H23N3O6/c1-4-5-6-9-21(11-17-20-15(12-28-17)19(24)27-3)18(23)14-8-7-13(2)16(10-14)22(25)26/h7-8,10,12H,4-6,9,11H2,1-3H3. The predicted molar refractivity (Wildman–Crippen MR) is 99.9 cm³/mol. The van der Waals surface area contributed by atoms with E-state index in [2.05, 4.69) is 9.72 Å². The first-order valence-corrected chi connectivity index (χ1v) is 8.94. The van der Waals surface area contributed by atoms with Crippen LogP contribution in [0.5, 0.6) is 0 Å². The summed E-state index contributed by atoms with van der Waals surface area (Å²) < 4.78 is 9.87. The van der Waals surface area contributed by atoms with E-state index in [1.807, 2.05) is 6.92 Å². The van der Waals surface area contributed by atoms with E-state index in [0.29, 0.717) is 12.1 Å². The lowest BCUT2D eigenvalue weighted by atomic mass is 10.1. The van der Waals surface area contributed by atoms with Crippen LogP contribution in [0.4, 0.5) is 5.69 Å². The lowest BCUT2D eigenvalue weighted by Crippen LogP contribution is -2.31. The zero-order chi connectivity index (χ0) is 20.7. The second kappa shape index (κ2) is 9.63. The normalized spacial score (nSPS) is 10.5. The van der Waals surface area contributed by atoms with E-state index >= 15 is 0 Å². The second-order valence-corrected chi connectivity index (χ2v) is 6.31. The van der Waals surface area contributed by atoms with Crippen LogP contribution in [0.2, 0.25) is 0 Å². The summed E-state index contributed by atoms with van der Waals surface area (Å²) in [7, 11) is 1.24. The topological polar surface area (TPSA) is 116 Å². The van der Waals surface area contributed by atoms with Gasteiger partial charge >= 0.3 is 5.97 Å². The van der Waals surface area contributed by atoms with E-state index in [9.17, 15) is 19.7 Å². The molecule has 0 fully saturated rings. The van der Waals surface area contributed by atoms with E-state index in [1.165, 1.54) is 24.3 Å². The fourth-order valence-electron chi connectivity index (χ4n) is 2.67. The number of unbranched alkanes of at least 4 members (excludes halogenated alkanes) is 2. The van der Waals surface area contributed by atoms with Gasteiger partial charge in [-0.15, -0.1) is 0 Å². The van der Waals surface area contributed by atoms with Crippen LogP contribution in [0.15, 0.2) is 28.9 Å². The molecule has 2 aromatic rings. The Hall–Kier alpha value is -3.23. The van der Waals surface area contributed by atoms with Crippen molar-refractivity contribution in [2.45, 2.75) is 39.7 Å². The Morgan fingerprint density at radius 1 is 1.32 bits per heavy atom. The number of ether oxygens (including phenoxy) is 1. The molecule has 0 aliphatic carbocycles. The van der Waals surface area contributed by atoms with E-state index in [-0.39, 0.29) is 35.3 Å². The SMILES string of the molecule is CCCCCN(Cc1nc(C(=O)OC)co1)C(=O)c1ccc(C)c([N+](=O)[O-])c1. The molecule has 0 aliphatic rings. The van der Waals surface area contributed by atoms with Gasteiger partial charge in [-0.05, 0) is 19.4 Å². The molecule has 0 saturated heterocycles. The van der Waals surface area contributed by atoms with Crippen molar-refractivity contribution < 1.29 is 23.7 Å². The molecule has 2 rings (SSSR count). The minimum Gasteiger partial charge on any atom is -0.464 e. The zero-order valence-electron chi connectivity index (χ0n) is 16.1. The van der Waals surface area contributed by atoms with Crippen molar-refractivity contribution in [3.05, 3.63) is 57.3 Å². The Morgan fingerprint density at radius 2 is 2.07 bits per heavy atom. The van der Waals surface area contributed by atoms with Crippen LogP contribution in [0.3, 0.4) is 0 Å². The molecule has 1 amide bonds. The molecule has 0 radical (unpaired) electrons. The fraction of sp³-hybridized carbons (Fsp3) is 0.421. The van der Waals surface area contributed by atoms with Gasteiger partial charge in [0.05, 0.1) is 18.6 Å². The minimum atomic E-state index is -0.631. The molecule has 1 aromatic carbocycles. The third kappa shape index (κ3) is 5.15. The summed E-state index contributed by atoms with van der Waals surface area (Å²) in [5, 5.41) is 11.2. The third-order valence-electron chi connectivity index (χ3n) is 4.24. The number of hydrogen-bond donors (Lipinski definition) is 0. The van der Waals surface area contributed by atoms with Crippen LogP contribution in [0, 0.1) is 17.0 Å². The summed E-state index contributed by atoms with van der Waals surface area (Å²) in [4.78, 5) is 40.7. The highest BCUT2D eigenvalue weighted by Gasteiger charge is 2.22. The number of carbonyl (C=O) groups is 2. The van der Waals surface area contributed by atoms with Crippen LogP contribution in [-0.2, 0) is 11.3 Å². The number of nitro groups is 1. The molecule has 0 unspecified atom stereocenters. The molecule has 150 valence electrons. The van der Waals surface area contributed by atoms with Crippen LogP contribution in [0.25, 0.3) is 0 Å². The van der Waals surface area contributed by atoms with Crippen molar-refractivity contribution in [2.75, 3.05) is 13.7 Å². The van der Waals surface area contributed by atoms with Crippen molar-refractivity contribution >= 4 is 17.6 Å². The monoisotopic (exact) mass is 389 g/mol. The number of amides is 1. The molecule has 0 saturated carbocycles. The quantitative estimate of drug-likeness (QED) is 0.279. The van der Waals surface area contributed by atoms with Crippen molar-refractivity contribution in [3.8, 4) is 0 Å². The molecule has 28 heavy (non-hydrogen) atoms. The summed E-state index contributed by atoms with van der Waals surface area (Å²) in [6, 6.07) is 4.39. The first-order valence-electron chi connectivity index (χ1n) is 8.94. The molecule has 0 aliphatic heterocycles. The molecule has 0 N–H and O–H groups in total. The van der Waals surface area contributed by atoms with Crippen LogP contribution in [-0.4, -0.2) is 40.3 Å². The van der Waals surface area contributed by atoms with Gasteiger partial charge < -0.3 is 14.1 Å². The number of benzene rings is 1. The average Bonchev–Trinajstić information content (AvgIpc) is 3.15. The van der Waals surface area contributed by atoms with Gasteiger partial charge in [0.1, 0.15) is 6.26 Å². The molecule has 0 bridgehead atoms. The number of nitro benzene ring substituents is 1. The molecule has 1 heterocycles. The van der Waals surface area contributed by atoms with Gasteiger partial charge in [-0.3, -0.25) is 14.9 Å². The smallest absolute Gasteiger partial charge is 0.360 e. The molecule has 9 heteroatoms. The number of esters is 1. The molecule has 9 nitrogen and oxygen atoms in total. The first kappa shape index (κ1) is 21.1. The number of rotatable bonds is 9.